The van der Waals surface area contributed by atoms with E-state index in [1.807, 2.05) is 29.2 Å². The Balaban J connectivity index is 1.32. The van der Waals surface area contributed by atoms with Crippen molar-refractivity contribution in [3.05, 3.63) is 40.8 Å². The Labute approximate surface area is 153 Å². The van der Waals surface area contributed by atoms with Crippen LogP contribution in [-0.4, -0.2) is 40.3 Å². The fourth-order valence-corrected chi connectivity index (χ4v) is 4.45. The van der Waals surface area contributed by atoms with Crippen molar-refractivity contribution >= 4 is 16.8 Å². The number of aromatic nitrogens is 2. The first-order valence-electron chi connectivity index (χ1n) is 9.70. The molecular formula is C20H26N4O2. The second kappa shape index (κ2) is 7.48. The van der Waals surface area contributed by atoms with Gasteiger partial charge in [0.1, 0.15) is 0 Å². The molecule has 2 heterocycles. The zero-order chi connectivity index (χ0) is 17.9. The number of likely N-dealkylation sites (tertiary alicyclic amines) is 1. The van der Waals surface area contributed by atoms with Gasteiger partial charge >= 0.3 is 6.03 Å². The minimum atomic E-state index is -0.111. The molecule has 138 valence electrons. The van der Waals surface area contributed by atoms with Crippen LogP contribution < -0.4 is 10.9 Å². The minimum Gasteiger partial charge on any atom is -0.336 e. The zero-order valence-electron chi connectivity index (χ0n) is 15.1. The fraction of sp³-hybridized carbons (Fsp3) is 0.550. The smallest absolute Gasteiger partial charge is 0.317 e. The lowest BCUT2D eigenvalue weighted by Gasteiger charge is -2.41. The van der Waals surface area contributed by atoms with Gasteiger partial charge in [-0.05, 0) is 30.7 Å². The highest BCUT2D eigenvalue weighted by Gasteiger charge is 2.32. The zero-order valence-corrected chi connectivity index (χ0v) is 15.1. The third-order valence-electron chi connectivity index (χ3n) is 5.94. The van der Waals surface area contributed by atoms with Crippen LogP contribution in [0.3, 0.4) is 0 Å². The Bertz CT molecular complexity index is 847. The average Bonchev–Trinajstić information content (AvgIpc) is 2.69. The first-order valence-corrected chi connectivity index (χ1v) is 9.70. The summed E-state index contributed by atoms with van der Waals surface area (Å²) >= 11 is 0. The summed E-state index contributed by atoms with van der Waals surface area (Å²) in [4.78, 5) is 26.9. The van der Waals surface area contributed by atoms with Crippen LogP contribution in [0.2, 0.25) is 0 Å². The molecule has 2 atom stereocenters. The number of benzene rings is 1. The van der Waals surface area contributed by atoms with Crippen molar-refractivity contribution in [1.82, 2.24) is 20.0 Å². The van der Waals surface area contributed by atoms with Crippen LogP contribution >= 0.6 is 0 Å². The third-order valence-corrected chi connectivity index (χ3v) is 5.94. The van der Waals surface area contributed by atoms with E-state index in [0.29, 0.717) is 24.4 Å². The Morgan fingerprint density at radius 3 is 2.85 bits per heavy atom. The summed E-state index contributed by atoms with van der Waals surface area (Å²) in [6.07, 6.45) is 8.06. The van der Waals surface area contributed by atoms with E-state index in [0.717, 1.165) is 30.8 Å². The molecule has 2 aromatic rings. The Morgan fingerprint density at radius 2 is 1.96 bits per heavy atom. The van der Waals surface area contributed by atoms with Gasteiger partial charge in [0.2, 0.25) is 0 Å². The van der Waals surface area contributed by atoms with Crippen LogP contribution in [0.1, 0.15) is 32.1 Å². The molecular weight excluding hydrogens is 328 g/mol. The lowest BCUT2D eigenvalue weighted by Crippen LogP contribution is -2.49. The van der Waals surface area contributed by atoms with Gasteiger partial charge < -0.3 is 10.2 Å². The number of piperidine rings is 1. The molecule has 1 aliphatic heterocycles. The van der Waals surface area contributed by atoms with Crippen molar-refractivity contribution in [2.45, 2.75) is 38.6 Å². The molecule has 0 radical (unpaired) electrons. The molecule has 6 heteroatoms. The van der Waals surface area contributed by atoms with E-state index in [1.165, 1.54) is 30.4 Å². The van der Waals surface area contributed by atoms with Crippen molar-refractivity contribution in [1.29, 1.82) is 0 Å². The molecule has 26 heavy (non-hydrogen) atoms. The average molecular weight is 354 g/mol. The molecule has 2 aliphatic rings. The largest absolute Gasteiger partial charge is 0.336 e. The first-order chi connectivity index (χ1) is 12.7. The van der Waals surface area contributed by atoms with E-state index in [4.69, 9.17) is 0 Å². The quantitative estimate of drug-likeness (QED) is 0.921. The monoisotopic (exact) mass is 354 g/mol. The number of nitrogens with zero attached hydrogens (tertiary/aromatic N) is 3. The highest BCUT2D eigenvalue weighted by Crippen LogP contribution is 2.35. The lowest BCUT2D eigenvalue weighted by molar-refractivity contribution is 0.102. The van der Waals surface area contributed by atoms with E-state index < -0.39 is 0 Å². The maximum atomic E-state index is 12.5. The van der Waals surface area contributed by atoms with Crippen molar-refractivity contribution < 1.29 is 4.79 Å². The first kappa shape index (κ1) is 17.1. The molecule has 1 aromatic carbocycles. The van der Waals surface area contributed by atoms with Crippen LogP contribution in [0.4, 0.5) is 4.79 Å². The maximum Gasteiger partial charge on any atom is 0.317 e. The van der Waals surface area contributed by atoms with Gasteiger partial charge in [-0.3, -0.25) is 4.79 Å². The minimum absolute atomic E-state index is 0.0112. The number of rotatable bonds is 3. The Morgan fingerprint density at radius 1 is 1.15 bits per heavy atom. The molecule has 0 bridgehead atoms. The van der Waals surface area contributed by atoms with Crippen molar-refractivity contribution in [2.24, 2.45) is 11.8 Å². The fourth-order valence-electron chi connectivity index (χ4n) is 4.45. The van der Waals surface area contributed by atoms with Gasteiger partial charge in [-0.25, -0.2) is 9.48 Å². The van der Waals surface area contributed by atoms with Crippen molar-refractivity contribution in [3.63, 3.8) is 0 Å². The number of amides is 2. The van der Waals surface area contributed by atoms with Gasteiger partial charge in [-0.15, -0.1) is 0 Å². The molecule has 1 saturated carbocycles. The van der Waals surface area contributed by atoms with Crippen LogP contribution in [-0.2, 0) is 6.54 Å². The topological polar surface area (TPSA) is 67.2 Å². The molecule has 1 aliphatic carbocycles. The standard InChI is InChI=1S/C20H26N4O2/c25-19-18-8-4-3-6-16(18)13-22-24(19)12-10-21-20(26)23-11-9-15-5-1-2-7-17(15)14-23/h3-4,6,8,13,15,17H,1-2,5,7,9-12,14H2,(H,21,26)/t15-,17-/m0/s1. The predicted octanol–water partition coefficient (Wildman–Crippen LogP) is 2.62. The van der Waals surface area contributed by atoms with Gasteiger partial charge in [0.25, 0.3) is 5.56 Å². The summed E-state index contributed by atoms with van der Waals surface area (Å²) in [6.45, 7) is 2.52. The molecule has 1 N–H and O–H groups in total. The van der Waals surface area contributed by atoms with Gasteiger partial charge in [0.15, 0.2) is 0 Å². The Kier molecular flexibility index (Phi) is 4.91. The van der Waals surface area contributed by atoms with E-state index in [1.54, 1.807) is 6.20 Å². The van der Waals surface area contributed by atoms with Crippen LogP contribution in [0.5, 0.6) is 0 Å². The van der Waals surface area contributed by atoms with Crippen molar-refractivity contribution in [3.8, 4) is 0 Å². The number of hydrogen-bond acceptors (Lipinski definition) is 3. The number of hydrogen-bond donors (Lipinski definition) is 1. The molecule has 0 spiro atoms. The van der Waals surface area contributed by atoms with Gasteiger partial charge in [0.05, 0.1) is 18.1 Å². The number of carbonyl (C=O) groups is 1. The van der Waals surface area contributed by atoms with Gasteiger partial charge in [-0.2, -0.15) is 5.10 Å². The molecule has 4 rings (SSSR count). The summed E-state index contributed by atoms with van der Waals surface area (Å²) in [5.74, 6) is 1.49. The highest BCUT2D eigenvalue weighted by atomic mass is 16.2. The highest BCUT2D eigenvalue weighted by molar-refractivity contribution is 5.80. The molecule has 1 aromatic heterocycles. The summed E-state index contributed by atoms with van der Waals surface area (Å²) in [7, 11) is 0. The van der Waals surface area contributed by atoms with Crippen LogP contribution in [0.15, 0.2) is 35.3 Å². The predicted molar refractivity (Wildman–Crippen MR) is 101 cm³/mol. The summed E-state index contributed by atoms with van der Waals surface area (Å²) in [5, 5.41) is 8.67. The van der Waals surface area contributed by atoms with E-state index in [2.05, 4.69) is 10.4 Å². The molecule has 2 amide bonds. The van der Waals surface area contributed by atoms with E-state index in [9.17, 15) is 9.59 Å². The van der Waals surface area contributed by atoms with Crippen LogP contribution in [0.25, 0.3) is 10.8 Å². The third kappa shape index (κ3) is 3.45. The van der Waals surface area contributed by atoms with Gasteiger partial charge in [0, 0.05) is 25.0 Å². The SMILES string of the molecule is O=C(NCCn1ncc2ccccc2c1=O)N1CC[C@@H]2CCCC[C@H]2C1. The molecule has 2 fully saturated rings. The molecule has 6 nitrogen and oxygen atoms in total. The number of urea groups is 1. The second-order valence-electron chi connectivity index (χ2n) is 7.53. The van der Waals surface area contributed by atoms with Crippen LogP contribution in [0, 0.1) is 11.8 Å². The summed E-state index contributed by atoms with van der Waals surface area (Å²) in [5.41, 5.74) is -0.111. The Hall–Kier alpha value is -2.37. The number of carbonyl (C=O) groups excluding carboxylic acids is 1. The summed E-state index contributed by atoms with van der Waals surface area (Å²) in [6, 6.07) is 7.42. The number of fused-ring (bicyclic) bond motifs is 2. The lowest BCUT2D eigenvalue weighted by atomic mass is 9.75. The normalized spacial score (nSPS) is 22.8. The maximum absolute atomic E-state index is 12.5. The van der Waals surface area contributed by atoms with Gasteiger partial charge in [-0.1, -0.05) is 37.5 Å². The van der Waals surface area contributed by atoms with E-state index in [-0.39, 0.29) is 11.6 Å². The molecule has 0 unspecified atom stereocenters. The number of nitrogens with one attached hydrogen (secondary N) is 1. The summed E-state index contributed by atoms with van der Waals surface area (Å²) < 4.78 is 1.43. The van der Waals surface area contributed by atoms with Crippen molar-refractivity contribution in [2.75, 3.05) is 19.6 Å². The second-order valence-corrected chi connectivity index (χ2v) is 7.53. The molecule has 1 saturated heterocycles. The van der Waals surface area contributed by atoms with E-state index >= 15 is 0 Å².